The smallest absolute Gasteiger partial charge is 0.191 e. The van der Waals surface area contributed by atoms with Gasteiger partial charge in [0.05, 0.1) is 18.2 Å². The van der Waals surface area contributed by atoms with E-state index in [4.69, 9.17) is 14.5 Å². The molecule has 0 amide bonds. The van der Waals surface area contributed by atoms with Crippen molar-refractivity contribution in [1.29, 1.82) is 0 Å². The molecule has 0 bridgehead atoms. The van der Waals surface area contributed by atoms with Crippen LogP contribution in [0.5, 0.6) is 0 Å². The summed E-state index contributed by atoms with van der Waals surface area (Å²) in [5.74, 6) is 0.831. The second kappa shape index (κ2) is 11.8. The van der Waals surface area contributed by atoms with Gasteiger partial charge in [-0.1, -0.05) is 31.2 Å². The molecule has 0 aliphatic carbocycles. The van der Waals surface area contributed by atoms with Crippen LogP contribution in [0, 0.1) is 0 Å². The Morgan fingerprint density at radius 1 is 1.23 bits per heavy atom. The maximum Gasteiger partial charge on any atom is 0.191 e. The number of nitrogens with zero attached hydrogens (tertiary/aromatic N) is 1. The van der Waals surface area contributed by atoms with Crippen LogP contribution in [-0.2, 0) is 15.9 Å². The average molecular weight is 475 g/mol. The zero-order chi connectivity index (χ0) is 18.1. The van der Waals surface area contributed by atoms with E-state index in [1.165, 1.54) is 11.1 Å². The Kier molecular flexibility index (Phi) is 10.5. The maximum atomic E-state index is 5.78. The van der Waals surface area contributed by atoms with Crippen LogP contribution >= 0.6 is 24.0 Å². The largest absolute Gasteiger partial charge is 0.381 e. The SMILES string of the molecule is CCNC(=NCC1(OC)CCOCC1)NC(C)c1ccc(CC)cc1.I. The number of ether oxygens (including phenoxy) is 2. The summed E-state index contributed by atoms with van der Waals surface area (Å²) in [6.45, 7) is 9.38. The summed E-state index contributed by atoms with van der Waals surface area (Å²) in [7, 11) is 1.78. The predicted octanol–water partition coefficient (Wildman–Crippen LogP) is 3.68. The Morgan fingerprint density at radius 3 is 2.42 bits per heavy atom. The van der Waals surface area contributed by atoms with E-state index in [2.05, 4.69) is 55.7 Å². The van der Waals surface area contributed by atoms with Crippen LogP contribution in [0.25, 0.3) is 0 Å². The maximum absolute atomic E-state index is 5.78. The van der Waals surface area contributed by atoms with Crippen LogP contribution < -0.4 is 10.6 Å². The van der Waals surface area contributed by atoms with E-state index in [9.17, 15) is 0 Å². The van der Waals surface area contributed by atoms with E-state index < -0.39 is 0 Å². The first kappa shape index (κ1) is 23.2. The van der Waals surface area contributed by atoms with Gasteiger partial charge in [0.2, 0.25) is 0 Å². The number of benzene rings is 1. The lowest BCUT2D eigenvalue weighted by Crippen LogP contribution is -2.44. The van der Waals surface area contributed by atoms with Crippen LogP contribution in [-0.4, -0.2) is 45.0 Å². The molecule has 5 nitrogen and oxygen atoms in total. The third-order valence-electron chi connectivity index (χ3n) is 4.95. The minimum Gasteiger partial charge on any atom is -0.381 e. The number of guanidine groups is 1. The highest BCUT2D eigenvalue weighted by Crippen LogP contribution is 2.24. The number of nitrogens with one attached hydrogen (secondary N) is 2. The zero-order valence-corrected chi connectivity index (χ0v) is 18.8. The zero-order valence-electron chi connectivity index (χ0n) is 16.5. The Morgan fingerprint density at radius 2 is 1.88 bits per heavy atom. The fourth-order valence-electron chi connectivity index (χ4n) is 3.04. The minimum absolute atomic E-state index is 0. The summed E-state index contributed by atoms with van der Waals surface area (Å²) in [4.78, 5) is 4.79. The molecule has 0 radical (unpaired) electrons. The van der Waals surface area contributed by atoms with Crippen LogP contribution in [0.1, 0.15) is 50.8 Å². The highest BCUT2D eigenvalue weighted by molar-refractivity contribution is 14.0. The van der Waals surface area contributed by atoms with Crippen molar-refractivity contribution < 1.29 is 9.47 Å². The van der Waals surface area contributed by atoms with Gasteiger partial charge in [-0.2, -0.15) is 0 Å². The molecule has 0 spiro atoms. The highest BCUT2D eigenvalue weighted by atomic mass is 127. The highest BCUT2D eigenvalue weighted by Gasteiger charge is 2.32. The van der Waals surface area contributed by atoms with Gasteiger partial charge in [-0.3, -0.25) is 4.99 Å². The summed E-state index contributed by atoms with van der Waals surface area (Å²) in [5.41, 5.74) is 2.42. The van der Waals surface area contributed by atoms with Crippen molar-refractivity contribution in [2.24, 2.45) is 4.99 Å². The molecule has 2 rings (SSSR count). The topological polar surface area (TPSA) is 54.9 Å². The molecule has 0 saturated carbocycles. The number of methoxy groups -OCH3 is 1. The Balaban J connectivity index is 0.00000338. The molecule has 1 fully saturated rings. The molecule has 1 aromatic rings. The summed E-state index contributed by atoms with van der Waals surface area (Å²) in [5, 5.41) is 6.84. The standard InChI is InChI=1S/C20H33N3O2.HI/c1-5-17-7-9-18(10-8-17)16(3)23-19(21-6-2)22-15-20(24-4)11-13-25-14-12-20;/h7-10,16H,5-6,11-15H2,1-4H3,(H2,21,22,23);1H. The fourth-order valence-corrected chi connectivity index (χ4v) is 3.04. The summed E-state index contributed by atoms with van der Waals surface area (Å²) >= 11 is 0. The number of hydrogen-bond acceptors (Lipinski definition) is 3. The van der Waals surface area contributed by atoms with Gasteiger partial charge in [0.1, 0.15) is 0 Å². The molecule has 1 aliphatic heterocycles. The molecule has 1 heterocycles. The molecule has 0 aromatic heterocycles. The monoisotopic (exact) mass is 475 g/mol. The predicted molar refractivity (Wildman–Crippen MR) is 119 cm³/mol. The van der Waals surface area contributed by atoms with Crippen molar-refractivity contribution in [2.45, 2.75) is 51.7 Å². The lowest BCUT2D eigenvalue weighted by molar-refractivity contribution is -0.0828. The average Bonchev–Trinajstić information content (AvgIpc) is 2.67. The van der Waals surface area contributed by atoms with Crippen LogP contribution in [0.4, 0.5) is 0 Å². The van der Waals surface area contributed by atoms with Crippen molar-refractivity contribution in [3.8, 4) is 0 Å². The molecular weight excluding hydrogens is 441 g/mol. The summed E-state index contributed by atoms with van der Waals surface area (Å²) in [6, 6.07) is 8.96. The molecule has 2 N–H and O–H groups in total. The van der Waals surface area contributed by atoms with Gasteiger partial charge in [-0.05, 0) is 31.4 Å². The van der Waals surface area contributed by atoms with E-state index in [0.29, 0.717) is 6.54 Å². The van der Waals surface area contributed by atoms with Crippen molar-refractivity contribution in [2.75, 3.05) is 33.4 Å². The van der Waals surface area contributed by atoms with Gasteiger partial charge in [0.25, 0.3) is 0 Å². The molecular formula is C20H34IN3O2. The fraction of sp³-hybridized carbons (Fsp3) is 0.650. The van der Waals surface area contributed by atoms with E-state index in [1.54, 1.807) is 7.11 Å². The van der Waals surface area contributed by atoms with E-state index in [1.807, 2.05) is 0 Å². The molecule has 1 saturated heterocycles. The van der Waals surface area contributed by atoms with Crippen molar-refractivity contribution >= 4 is 29.9 Å². The summed E-state index contributed by atoms with van der Waals surface area (Å²) in [6.07, 6.45) is 2.84. The second-order valence-corrected chi connectivity index (χ2v) is 6.66. The first-order valence-corrected chi connectivity index (χ1v) is 9.39. The summed E-state index contributed by atoms with van der Waals surface area (Å²) < 4.78 is 11.2. The molecule has 26 heavy (non-hydrogen) atoms. The number of rotatable bonds is 7. The van der Waals surface area contributed by atoms with Gasteiger partial charge in [-0.25, -0.2) is 0 Å². The van der Waals surface area contributed by atoms with E-state index >= 15 is 0 Å². The third kappa shape index (κ3) is 6.70. The number of halogens is 1. The van der Waals surface area contributed by atoms with Crippen LogP contribution in [0.15, 0.2) is 29.3 Å². The third-order valence-corrected chi connectivity index (χ3v) is 4.95. The molecule has 1 unspecified atom stereocenters. The quantitative estimate of drug-likeness (QED) is 0.359. The first-order valence-electron chi connectivity index (χ1n) is 9.39. The van der Waals surface area contributed by atoms with Crippen LogP contribution in [0.3, 0.4) is 0 Å². The number of aryl methyl sites for hydroxylation is 1. The molecule has 148 valence electrons. The lowest BCUT2D eigenvalue weighted by Gasteiger charge is -2.34. The molecule has 1 aliphatic rings. The Bertz CT molecular complexity index is 542. The minimum atomic E-state index is -0.202. The molecule has 1 atom stereocenters. The number of aliphatic imine (C=N–C) groups is 1. The lowest BCUT2D eigenvalue weighted by atomic mass is 9.94. The van der Waals surface area contributed by atoms with Crippen molar-refractivity contribution in [3.63, 3.8) is 0 Å². The normalized spacial score (nSPS) is 17.9. The van der Waals surface area contributed by atoms with Crippen molar-refractivity contribution in [3.05, 3.63) is 35.4 Å². The van der Waals surface area contributed by atoms with Gasteiger partial charge in [-0.15, -0.1) is 24.0 Å². The Labute approximate surface area is 175 Å². The number of hydrogen-bond donors (Lipinski definition) is 2. The van der Waals surface area contributed by atoms with E-state index in [0.717, 1.165) is 45.0 Å². The Hall–Kier alpha value is -0.860. The van der Waals surface area contributed by atoms with E-state index in [-0.39, 0.29) is 35.6 Å². The van der Waals surface area contributed by atoms with Crippen molar-refractivity contribution in [1.82, 2.24) is 10.6 Å². The van der Waals surface area contributed by atoms with Gasteiger partial charge in [0.15, 0.2) is 5.96 Å². The van der Waals surface area contributed by atoms with Gasteiger partial charge < -0.3 is 20.1 Å². The van der Waals surface area contributed by atoms with Crippen LogP contribution in [0.2, 0.25) is 0 Å². The second-order valence-electron chi connectivity index (χ2n) is 6.66. The molecule has 6 heteroatoms. The van der Waals surface area contributed by atoms with Gasteiger partial charge >= 0.3 is 0 Å². The first-order chi connectivity index (χ1) is 12.1. The van der Waals surface area contributed by atoms with Gasteiger partial charge in [0, 0.05) is 39.7 Å². The molecule has 1 aromatic carbocycles.